The number of ether oxygens (including phenoxy) is 1. The average Bonchev–Trinajstić information content (AvgIpc) is 2.27. The highest BCUT2D eigenvalue weighted by atomic mass is 16.5. The Balaban J connectivity index is 2.98. The molecule has 0 radical (unpaired) electrons. The van der Waals surface area contributed by atoms with Gasteiger partial charge in [-0.2, -0.15) is 0 Å². The summed E-state index contributed by atoms with van der Waals surface area (Å²) < 4.78 is 5.60. The minimum atomic E-state index is 0.950. The minimum Gasteiger partial charge on any atom is -0.381 e. The fourth-order valence-electron chi connectivity index (χ4n) is 1.81. The van der Waals surface area contributed by atoms with E-state index in [9.17, 15) is 0 Å². The van der Waals surface area contributed by atoms with E-state index < -0.39 is 0 Å². The first kappa shape index (κ1) is 15.9. The van der Waals surface area contributed by atoms with Crippen molar-refractivity contribution in [3.8, 4) is 0 Å². The lowest BCUT2D eigenvalue weighted by Crippen LogP contribution is -2.20. The lowest BCUT2D eigenvalue weighted by Gasteiger charge is -2.14. The van der Waals surface area contributed by atoms with Gasteiger partial charge in [0.25, 0.3) is 0 Å². The van der Waals surface area contributed by atoms with E-state index in [0.29, 0.717) is 0 Å². The number of unbranched alkanes of at least 4 members (excludes halogenated alkanes) is 4. The van der Waals surface area contributed by atoms with Crippen LogP contribution in [0.15, 0.2) is 0 Å². The summed E-state index contributed by atoms with van der Waals surface area (Å²) in [5.41, 5.74) is 0. The van der Waals surface area contributed by atoms with Gasteiger partial charge in [0, 0.05) is 13.2 Å². The van der Waals surface area contributed by atoms with Crippen LogP contribution in [0.2, 0.25) is 0 Å². The van der Waals surface area contributed by atoms with Crippen LogP contribution in [-0.2, 0) is 4.74 Å². The summed E-state index contributed by atoms with van der Waals surface area (Å²) in [6.45, 7) is 8.82. The van der Waals surface area contributed by atoms with Gasteiger partial charge in [0.1, 0.15) is 0 Å². The van der Waals surface area contributed by atoms with Crippen molar-refractivity contribution in [1.29, 1.82) is 0 Å². The third-order valence-electron chi connectivity index (χ3n) is 2.83. The molecule has 0 aliphatic carbocycles. The molecule has 0 atom stereocenters. The van der Waals surface area contributed by atoms with Gasteiger partial charge in [-0.1, -0.05) is 33.1 Å². The normalized spacial score (nSPS) is 11.2. The Morgan fingerprint density at radius 1 is 0.750 bits per heavy atom. The molecule has 0 bridgehead atoms. The van der Waals surface area contributed by atoms with Gasteiger partial charge in [-0.25, -0.2) is 0 Å². The molecular formula is C14H31NO. The zero-order valence-electron chi connectivity index (χ0n) is 11.6. The molecule has 0 saturated heterocycles. The first-order chi connectivity index (χ1) is 7.81. The number of hydrogen-bond acceptors (Lipinski definition) is 2. The monoisotopic (exact) mass is 229 g/mol. The van der Waals surface area contributed by atoms with Crippen LogP contribution in [0.3, 0.4) is 0 Å². The van der Waals surface area contributed by atoms with Gasteiger partial charge < -0.3 is 9.64 Å². The summed E-state index contributed by atoms with van der Waals surface area (Å²) in [7, 11) is 2.20. The summed E-state index contributed by atoms with van der Waals surface area (Å²) in [6.07, 6.45) is 8.96. The Morgan fingerprint density at radius 3 is 2.06 bits per heavy atom. The first-order valence-corrected chi connectivity index (χ1v) is 7.07. The highest BCUT2D eigenvalue weighted by molar-refractivity contribution is 4.50. The fourth-order valence-corrected chi connectivity index (χ4v) is 1.81. The van der Waals surface area contributed by atoms with E-state index in [-0.39, 0.29) is 0 Å². The summed E-state index contributed by atoms with van der Waals surface area (Å²) in [5.74, 6) is 0. The molecule has 0 spiro atoms. The molecule has 2 nitrogen and oxygen atoms in total. The zero-order chi connectivity index (χ0) is 12.1. The predicted molar refractivity (Wildman–Crippen MR) is 72.0 cm³/mol. The van der Waals surface area contributed by atoms with E-state index in [1.807, 2.05) is 0 Å². The van der Waals surface area contributed by atoms with E-state index in [2.05, 4.69) is 25.8 Å². The maximum atomic E-state index is 5.60. The maximum absolute atomic E-state index is 5.60. The van der Waals surface area contributed by atoms with Crippen molar-refractivity contribution in [2.75, 3.05) is 33.4 Å². The largest absolute Gasteiger partial charge is 0.381 e. The molecule has 0 unspecified atom stereocenters. The second-order valence-electron chi connectivity index (χ2n) is 4.68. The average molecular weight is 229 g/mol. The van der Waals surface area contributed by atoms with Crippen molar-refractivity contribution in [3.05, 3.63) is 0 Å². The molecule has 0 fully saturated rings. The van der Waals surface area contributed by atoms with Crippen LogP contribution < -0.4 is 0 Å². The van der Waals surface area contributed by atoms with Crippen LogP contribution in [0.4, 0.5) is 0 Å². The molecule has 0 aromatic carbocycles. The molecule has 0 aromatic heterocycles. The predicted octanol–water partition coefficient (Wildman–Crippen LogP) is 3.71. The highest BCUT2D eigenvalue weighted by Crippen LogP contribution is 2.00. The number of rotatable bonds is 12. The standard InChI is InChI=1S/C14H31NO/c1-4-6-7-9-13-16-14-10-8-12-15(3)11-5-2/h4-14H2,1-3H3. The van der Waals surface area contributed by atoms with Crippen molar-refractivity contribution in [2.45, 2.75) is 58.8 Å². The molecule has 0 saturated carbocycles. The zero-order valence-corrected chi connectivity index (χ0v) is 11.6. The second-order valence-corrected chi connectivity index (χ2v) is 4.68. The van der Waals surface area contributed by atoms with Crippen LogP contribution in [0.1, 0.15) is 58.8 Å². The quantitative estimate of drug-likeness (QED) is 0.473. The van der Waals surface area contributed by atoms with Crippen LogP contribution in [0, 0.1) is 0 Å². The number of hydrogen-bond donors (Lipinski definition) is 0. The topological polar surface area (TPSA) is 12.5 Å². The SMILES string of the molecule is CCCCCCOCCCCN(C)CCC. The van der Waals surface area contributed by atoms with Gasteiger partial charge in [0.05, 0.1) is 0 Å². The lowest BCUT2D eigenvalue weighted by atomic mass is 10.2. The lowest BCUT2D eigenvalue weighted by molar-refractivity contribution is 0.124. The Morgan fingerprint density at radius 2 is 1.44 bits per heavy atom. The summed E-state index contributed by atoms with van der Waals surface area (Å²) >= 11 is 0. The smallest absolute Gasteiger partial charge is 0.0466 e. The van der Waals surface area contributed by atoms with Crippen LogP contribution in [0.25, 0.3) is 0 Å². The molecule has 2 heteroatoms. The van der Waals surface area contributed by atoms with Crippen LogP contribution >= 0.6 is 0 Å². The minimum absolute atomic E-state index is 0.950. The van der Waals surface area contributed by atoms with Crippen molar-refractivity contribution < 1.29 is 4.74 Å². The van der Waals surface area contributed by atoms with E-state index in [1.165, 1.54) is 58.0 Å². The molecule has 0 heterocycles. The molecule has 16 heavy (non-hydrogen) atoms. The summed E-state index contributed by atoms with van der Waals surface area (Å²) in [5, 5.41) is 0. The van der Waals surface area contributed by atoms with Gasteiger partial charge in [0.2, 0.25) is 0 Å². The first-order valence-electron chi connectivity index (χ1n) is 7.07. The Bertz CT molecular complexity index is 128. The van der Waals surface area contributed by atoms with E-state index in [1.54, 1.807) is 0 Å². The van der Waals surface area contributed by atoms with E-state index >= 15 is 0 Å². The third kappa shape index (κ3) is 12.0. The Hall–Kier alpha value is -0.0800. The van der Waals surface area contributed by atoms with Gasteiger partial charge in [-0.05, 0) is 45.8 Å². The molecule has 0 aromatic rings. The number of nitrogens with zero attached hydrogens (tertiary/aromatic N) is 1. The third-order valence-corrected chi connectivity index (χ3v) is 2.83. The van der Waals surface area contributed by atoms with Gasteiger partial charge in [-0.3, -0.25) is 0 Å². The van der Waals surface area contributed by atoms with Crippen molar-refractivity contribution in [3.63, 3.8) is 0 Å². The van der Waals surface area contributed by atoms with E-state index in [4.69, 9.17) is 4.74 Å². The molecule has 0 aliphatic rings. The molecular weight excluding hydrogens is 198 g/mol. The van der Waals surface area contributed by atoms with Crippen LogP contribution in [0.5, 0.6) is 0 Å². The van der Waals surface area contributed by atoms with Crippen molar-refractivity contribution in [2.24, 2.45) is 0 Å². The molecule has 98 valence electrons. The second kappa shape index (κ2) is 13.0. The van der Waals surface area contributed by atoms with Gasteiger partial charge in [0.15, 0.2) is 0 Å². The molecule has 0 rings (SSSR count). The highest BCUT2D eigenvalue weighted by Gasteiger charge is 1.96. The Labute approximate surface area is 102 Å². The van der Waals surface area contributed by atoms with Crippen molar-refractivity contribution in [1.82, 2.24) is 4.90 Å². The molecule has 0 aliphatic heterocycles. The van der Waals surface area contributed by atoms with E-state index in [0.717, 1.165) is 13.2 Å². The molecule has 0 N–H and O–H groups in total. The van der Waals surface area contributed by atoms with Gasteiger partial charge >= 0.3 is 0 Å². The van der Waals surface area contributed by atoms with Crippen LogP contribution in [-0.4, -0.2) is 38.3 Å². The Kier molecular flexibility index (Phi) is 12.9. The van der Waals surface area contributed by atoms with Crippen molar-refractivity contribution >= 4 is 0 Å². The van der Waals surface area contributed by atoms with Gasteiger partial charge in [-0.15, -0.1) is 0 Å². The maximum Gasteiger partial charge on any atom is 0.0466 e. The summed E-state index contributed by atoms with van der Waals surface area (Å²) in [6, 6.07) is 0. The fraction of sp³-hybridized carbons (Fsp3) is 1.00. The summed E-state index contributed by atoms with van der Waals surface area (Å²) in [4.78, 5) is 2.40. The molecule has 0 amide bonds.